The van der Waals surface area contributed by atoms with E-state index in [0.717, 1.165) is 55.7 Å². The third-order valence-corrected chi connectivity index (χ3v) is 4.95. The van der Waals surface area contributed by atoms with Crippen molar-refractivity contribution < 1.29 is 9.90 Å². The van der Waals surface area contributed by atoms with E-state index in [0.29, 0.717) is 6.04 Å². The van der Waals surface area contributed by atoms with Crippen molar-refractivity contribution in [3.05, 3.63) is 28.8 Å². The number of hydrogen-bond acceptors (Lipinski definition) is 3. The lowest BCUT2D eigenvalue weighted by atomic mass is 10.0. The number of aryl methyl sites for hydroxylation is 3. The average molecular weight is 333 g/mol. The van der Waals surface area contributed by atoms with Gasteiger partial charge < -0.3 is 20.2 Å². The fourth-order valence-electron chi connectivity index (χ4n) is 3.58. The van der Waals surface area contributed by atoms with Gasteiger partial charge in [-0.1, -0.05) is 17.7 Å². The second kappa shape index (κ2) is 8.49. The summed E-state index contributed by atoms with van der Waals surface area (Å²) in [4.78, 5) is 16.8. The molecule has 24 heavy (non-hydrogen) atoms. The Balaban J connectivity index is 1.89. The molecule has 1 fully saturated rings. The quantitative estimate of drug-likeness (QED) is 0.871. The average Bonchev–Trinajstić information content (AvgIpc) is 2.55. The van der Waals surface area contributed by atoms with E-state index in [-0.39, 0.29) is 12.6 Å². The normalized spacial score (nSPS) is 15.8. The van der Waals surface area contributed by atoms with Crippen LogP contribution in [0.5, 0.6) is 0 Å². The number of rotatable bonds is 5. The van der Waals surface area contributed by atoms with Crippen LogP contribution in [0, 0.1) is 20.8 Å². The van der Waals surface area contributed by atoms with E-state index >= 15 is 0 Å². The SMILES string of the molecule is Cc1cc(C)c(NC(=O)N2CCC(N(C)CCCO)CC2)c(C)c1. The molecule has 0 unspecified atom stereocenters. The second-order valence-corrected chi connectivity index (χ2v) is 6.98. The molecule has 5 nitrogen and oxygen atoms in total. The molecular formula is C19H31N3O2. The molecule has 0 atom stereocenters. The van der Waals surface area contributed by atoms with Crippen LogP contribution in [-0.4, -0.2) is 60.3 Å². The van der Waals surface area contributed by atoms with E-state index < -0.39 is 0 Å². The standard InChI is InChI=1S/C19H31N3O2/c1-14-12-15(2)18(16(3)13-14)20-19(24)22-9-6-17(7-10-22)21(4)8-5-11-23/h12-13,17,23H,5-11H2,1-4H3,(H,20,24). The van der Waals surface area contributed by atoms with Crippen LogP contribution >= 0.6 is 0 Å². The van der Waals surface area contributed by atoms with Crippen LogP contribution in [0.4, 0.5) is 10.5 Å². The molecule has 0 saturated carbocycles. The Kier molecular flexibility index (Phi) is 6.63. The minimum absolute atomic E-state index is 0.00140. The molecule has 1 saturated heterocycles. The number of amides is 2. The number of urea groups is 1. The van der Waals surface area contributed by atoms with Crippen LogP contribution in [0.15, 0.2) is 12.1 Å². The molecule has 1 aliphatic heterocycles. The summed E-state index contributed by atoms with van der Waals surface area (Å²) in [5.41, 5.74) is 4.38. The molecule has 134 valence electrons. The predicted molar refractivity (Wildman–Crippen MR) is 98.6 cm³/mol. The first kappa shape index (κ1) is 18.7. The Morgan fingerprint density at radius 2 is 1.83 bits per heavy atom. The van der Waals surface area contributed by atoms with Crippen molar-refractivity contribution in [3.8, 4) is 0 Å². The van der Waals surface area contributed by atoms with E-state index in [2.05, 4.69) is 36.3 Å². The highest BCUT2D eigenvalue weighted by atomic mass is 16.3. The number of likely N-dealkylation sites (tertiary alicyclic amines) is 1. The van der Waals surface area contributed by atoms with Gasteiger partial charge in [-0.05, 0) is 58.2 Å². The molecule has 1 aliphatic rings. The van der Waals surface area contributed by atoms with Crippen LogP contribution in [0.25, 0.3) is 0 Å². The van der Waals surface area contributed by atoms with Crippen molar-refractivity contribution >= 4 is 11.7 Å². The summed E-state index contributed by atoms with van der Waals surface area (Å²) in [6.07, 6.45) is 2.78. The highest BCUT2D eigenvalue weighted by molar-refractivity contribution is 5.91. The molecule has 0 aromatic heterocycles. The smallest absolute Gasteiger partial charge is 0.321 e. The third kappa shape index (κ3) is 4.71. The Morgan fingerprint density at radius 1 is 1.25 bits per heavy atom. The van der Waals surface area contributed by atoms with Gasteiger partial charge in [0.25, 0.3) is 0 Å². The number of aliphatic hydroxyl groups excluding tert-OH is 1. The Morgan fingerprint density at radius 3 is 2.38 bits per heavy atom. The number of aliphatic hydroxyl groups is 1. The Labute approximate surface area is 145 Å². The zero-order valence-corrected chi connectivity index (χ0v) is 15.4. The molecule has 5 heteroatoms. The summed E-state index contributed by atoms with van der Waals surface area (Å²) >= 11 is 0. The van der Waals surface area contributed by atoms with Gasteiger partial charge in [-0.3, -0.25) is 0 Å². The summed E-state index contributed by atoms with van der Waals surface area (Å²) in [5, 5.41) is 12.0. The minimum Gasteiger partial charge on any atom is -0.396 e. The van der Waals surface area contributed by atoms with E-state index in [1.54, 1.807) is 0 Å². The number of carbonyl (C=O) groups excluding carboxylic acids is 1. The van der Waals surface area contributed by atoms with Gasteiger partial charge in [0.2, 0.25) is 0 Å². The van der Waals surface area contributed by atoms with Crippen molar-refractivity contribution in [1.29, 1.82) is 0 Å². The zero-order valence-electron chi connectivity index (χ0n) is 15.4. The van der Waals surface area contributed by atoms with Crippen molar-refractivity contribution in [1.82, 2.24) is 9.80 Å². The monoisotopic (exact) mass is 333 g/mol. The molecule has 1 aromatic rings. The molecule has 2 N–H and O–H groups in total. The molecule has 1 heterocycles. The molecular weight excluding hydrogens is 302 g/mol. The molecule has 1 aromatic carbocycles. The van der Waals surface area contributed by atoms with Crippen molar-refractivity contribution in [2.75, 3.05) is 38.6 Å². The fourth-order valence-corrected chi connectivity index (χ4v) is 3.58. The van der Waals surface area contributed by atoms with Crippen molar-refractivity contribution in [3.63, 3.8) is 0 Å². The lowest BCUT2D eigenvalue weighted by Crippen LogP contribution is -2.47. The van der Waals surface area contributed by atoms with Crippen LogP contribution < -0.4 is 5.32 Å². The van der Waals surface area contributed by atoms with Crippen LogP contribution in [0.2, 0.25) is 0 Å². The first-order valence-electron chi connectivity index (χ1n) is 8.87. The number of anilines is 1. The highest BCUT2D eigenvalue weighted by Gasteiger charge is 2.25. The van der Waals surface area contributed by atoms with Gasteiger partial charge in [0.15, 0.2) is 0 Å². The second-order valence-electron chi connectivity index (χ2n) is 6.98. The predicted octanol–water partition coefficient (Wildman–Crippen LogP) is 2.92. The molecule has 2 rings (SSSR count). The molecule has 0 aliphatic carbocycles. The van der Waals surface area contributed by atoms with Gasteiger partial charge >= 0.3 is 6.03 Å². The van der Waals surface area contributed by atoms with Crippen LogP contribution in [0.3, 0.4) is 0 Å². The van der Waals surface area contributed by atoms with Gasteiger partial charge in [0, 0.05) is 38.0 Å². The topological polar surface area (TPSA) is 55.8 Å². The lowest BCUT2D eigenvalue weighted by molar-refractivity contribution is 0.134. The third-order valence-electron chi connectivity index (χ3n) is 4.95. The van der Waals surface area contributed by atoms with Gasteiger partial charge in [0.05, 0.1) is 0 Å². The molecule has 2 amide bonds. The summed E-state index contributed by atoms with van der Waals surface area (Å²) in [7, 11) is 2.11. The number of piperidine rings is 1. The largest absolute Gasteiger partial charge is 0.396 e. The van der Waals surface area contributed by atoms with Gasteiger partial charge in [0.1, 0.15) is 0 Å². The van der Waals surface area contributed by atoms with Gasteiger partial charge in [-0.2, -0.15) is 0 Å². The number of carbonyl (C=O) groups is 1. The van der Waals surface area contributed by atoms with Crippen LogP contribution in [0.1, 0.15) is 36.0 Å². The summed E-state index contributed by atoms with van der Waals surface area (Å²) in [6.45, 7) is 8.86. The van der Waals surface area contributed by atoms with E-state index in [1.807, 2.05) is 18.7 Å². The van der Waals surface area contributed by atoms with E-state index in [4.69, 9.17) is 5.11 Å². The lowest BCUT2D eigenvalue weighted by Gasteiger charge is -2.36. The molecule has 0 bridgehead atoms. The summed E-state index contributed by atoms with van der Waals surface area (Å²) < 4.78 is 0. The molecule has 0 spiro atoms. The van der Waals surface area contributed by atoms with Gasteiger partial charge in [-0.15, -0.1) is 0 Å². The first-order valence-corrected chi connectivity index (χ1v) is 8.87. The van der Waals surface area contributed by atoms with E-state index in [1.165, 1.54) is 5.56 Å². The highest BCUT2D eigenvalue weighted by Crippen LogP contribution is 2.23. The first-order chi connectivity index (χ1) is 11.4. The van der Waals surface area contributed by atoms with Crippen molar-refractivity contribution in [2.45, 2.75) is 46.1 Å². The van der Waals surface area contributed by atoms with E-state index in [9.17, 15) is 4.79 Å². The number of hydrogen-bond donors (Lipinski definition) is 2. The number of benzene rings is 1. The number of nitrogens with zero attached hydrogens (tertiary/aromatic N) is 2. The Bertz CT molecular complexity index is 543. The van der Waals surface area contributed by atoms with Gasteiger partial charge in [-0.25, -0.2) is 4.79 Å². The maximum atomic E-state index is 12.6. The zero-order chi connectivity index (χ0) is 17.7. The van der Waals surface area contributed by atoms with Crippen LogP contribution in [-0.2, 0) is 0 Å². The summed E-state index contributed by atoms with van der Waals surface area (Å²) in [5.74, 6) is 0. The minimum atomic E-state index is 0.00140. The maximum Gasteiger partial charge on any atom is 0.321 e. The van der Waals surface area contributed by atoms with Crippen molar-refractivity contribution in [2.24, 2.45) is 0 Å². The summed E-state index contributed by atoms with van der Waals surface area (Å²) in [6, 6.07) is 4.71. The molecule has 0 radical (unpaired) electrons. The Hall–Kier alpha value is -1.59. The maximum absolute atomic E-state index is 12.6. The number of nitrogens with one attached hydrogen (secondary N) is 1. The fraction of sp³-hybridized carbons (Fsp3) is 0.632.